The predicted octanol–water partition coefficient (Wildman–Crippen LogP) is 1.58. The van der Waals surface area contributed by atoms with Crippen molar-refractivity contribution in [1.82, 2.24) is 5.32 Å². The van der Waals surface area contributed by atoms with Gasteiger partial charge in [0.05, 0.1) is 5.54 Å². The third-order valence-corrected chi connectivity index (χ3v) is 2.18. The second kappa shape index (κ2) is 1.23. The van der Waals surface area contributed by atoms with Crippen LogP contribution in [0.4, 0.5) is 0 Å². The highest BCUT2D eigenvalue weighted by Gasteiger charge is 2.34. The normalized spacial score (nSPS) is 38.0. The summed E-state index contributed by atoms with van der Waals surface area (Å²) in [7, 11) is 0. The van der Waals surface area contributed by atoms with Crippen LogP contribution in [0.5, 0.6) is 0 Å². The summed E-state index contributed by atoms with van der Waals surface area (Å²) in [6.45, 7) is 4.37. The molecule has 0 saturated heterocycles. The lowest BCUT2D eigenvalue weighted by atomic mass is 9.75. The van der Waals surface area contributed by atoms with Crippen molar-refractivity contribution in [2.45, 2.75) is 25.8 Å². The van der Waals surface area contributed by atoms with Gasteiger partial charge in [-0.05, 0) is 31.4 Å². The van der Waals surface area contributed by atoms with Crippen LogP contribution in [-0.2, 0) is 0 Å². The Labute approximate surface area is 55.5 Å². The molecule has 3 aliphatic rings. The summed E-state index contributed by atoms with van der Waals surface area (Å²) in [6, 6.07) is 0. The Kier molecular flexibility index (Phi) is 0.696. The lowest BCUT2D eigenvalue weighted by Crippen LogP contribution is -2.46. The van der Waals surface area contributed by atoms with Crippen LogP contribution < -0.4 is 5.32 Å². The highest BCUT2D eigenvalue weighted by Crippen LogP contribution is 2.37. The first-order valence-corrected chi connectivity index (χ1v) is 3.36. The Bertz CT molecular complexity index is 213. The van der Waals surface area contributed by atoms with E-state index in [1.54, 1.807) is 0 Å². The summed E-state index contributed by atoms with van der Waals surface area (Å²) in [5.74, 6) is 0. The molecule has 1 nitrogen and oxygen atoms in total. The Hall–Kier alpha value is -0.720. The van der Waals surface area contributed by atoms with Gasteiger partial charge in [-0.25, -0.2) is 0 Å². The number of hydrogen-bond donors (Lipinski definition) is 1. The van der Waals surface area contributed by atoms with E-state index in [1.807, 2.05) is 0 Å². The summed E-state index contributed by atoms with van der Waals surface area (Å²) in [4.78, 5) is 0. The number of hydrogen-bond acceptors (Lipinski definition) is 1. The topological polar surface area (TPSA) is 12.0 Å². The van der Waals surface area contributed by atoms with Crippen LogP contribution in [0.1, 0.15) is 20.3 Å². The molecule has 48 valence electrons. The van der Waals surface area contributed by atoms with Crippen LogP contribution in [0, 0.1) is 0 Å². The standard InChI is InChI=1S/C8H11N/c1-6-5-9-8(2)3-7(6)4-8/h3,5,9H,4H2,1-2H3. The van der Waals surface area contributed by atoms with Crippen LogP contribution >= 0.6 is 0 Å². The molecule has 2 aliphatic heterocycles. The molecule has 0 aromatic carbocycles. The highest BCUT2D eigenvalue weighted by molar-refractivity contribution is 5.45. The van der Waals surface area contributed by atoms with Gasteiger partial charge in [0.2, 0.25) is 0 Å². The fraction of sp³-hybridized carbons (Fsp3) is 0.500. The SMILES string of the molecule is CC1=CNC2(C)C=C1C2. The van der Waals surface area contributed by atoms with E-state index in [1.165, 1.54) is 17.6 Å². The van der Waals surface area contributed by atoms with Gasteiger partial charge in [-0.15, -0.1) is 0 Å². The van der Waals surface area contributed by atoms with Crippen LogP contribution in [-0.4, -0.2) is 5.54 Å². The summed E-state index contributed by atoms with van der Waals surface area (Å²) >= 11 is 0. The van der Waals surface area contributed by atoms with E-state index in [-0.39, 0.29) is 0 Å². The lowest BCUT2D eigenvalue weighted by Gasteiger charge is -2.41. The van der Waals surface area contributed by atoms with Gasteiger partial charge in [0.15, 0.2) is 0 Å². The maximum Gasteiger partial charge on any atom is 0.0568 e. The maximum atomic E-state index is 3.34. The van der Waals surface area contributed by atoms with Crippen molar-refractivity contribution < 1.29 is 0 Å². The van der Waals surface area contributed by atoms with E-state index in [4.69, 9.17) is 0 Å². The van der Waals surface area contributed by atoms with Crippen molar-refractivity contribution in [2.75, 3.05) is 0 Å². The van der Waals surface area contributed by atoms with Crippen molar-refractivity contribution in [3.8, 4) is 0 Å². The fourth-order valence-electron chi connectivity index (χ4n) is 1.46. The molecule has 1 aliphatic carbocycles. The predicted molar refractivity (Wildman–Crippen MR) is 38.0 cm³/mol. The molecule has 0 spiro atoms. The molecular formula is C8H11N. The highest BCUT2D eigenvalue weighted by atomic mass is 15.0. The molecule has 9 heavy (non-hydrogen) atoms. The second-order valence-electron chi connectivity index (χ2n) is 3.24. The Morgan fingerprint density at radius 3 is 2.67 bits per heavy atom. The molecule has 0 saturated carbocycles. The van der Waals surface area contributed by atoms with Gasteiger partial charge in [-0.2, -0.15) is 0 Å². The first-order chi connectivity index (χ1) is 4.20. The summed E-state index contributed by atoms with van der Waals surface area (Å²) in [5, 5.41) is 3.34. The zero-order valence-corrected chi connectivity index (χ0v) is 5.86. The molecule has 0 aromatic heterocycles. The monoisotopic (exact) mass is 121 g/mol. The van der Waals surface area contributed by atoms with E-state index >= 15 is 0 Å². The smallest absolute Gasteiger partial charge is 0.0568 e. The molecule has 0 fully saturated rings. The van der Waals surface area contributed by atoms with Crippen molar-refractivity contribution in [1.29, 1.82) is 0 Å². The van der Waals surface area contributed by atoms with E-state index < -0.39 is 0 Å². The molecule has 0 amide bonds. The van der Waals surface area contributed by atoms with E-state index in [0.717, 1.165) is 0 Å². The Balaban J connectivity index is 2.36. The van der Waals surface area contributed by atoms with Gasteiger partial charge in [0.25, 0.3) is 0 Å². The first kappa shape index (κ1) is 5.10. The lowest BCUT2D eigenvalue weighted by molar-refractivity contribution is 0.430. The quantitative estimate of drug-likeness (QED) is 0.513. The third kappa shape index (κ3) is 0.546. The van der Waals surface area contributed by atoms with E-state index in [9.17, 15) is 0 Å². The van der Waals surface area contributed by atoms with Crippen LogP contribution in [0.15, 0.2) is 23.4 Å². The molecule has 2 bridgehead atoms. The molecule has 1 heteroatoms. The number of fused-ring (bicyclic) bond motifs is 1. The third-order valence-electron chi connectivity index (χ3n) is 2.18. The first-order valence-electron chi connectivity index (χ1n) is 3.36. The van der Waals surface area contributed by atoms with E-state index in [2.05, 4.69) is 31.4 Å². The molecule has 1 atom stereocenters. The minimum atomic E-state index is 0.314. The van der Waals surface area contributed by atoms with Gasteiger partial charge in [-0.3, -0.25) is 0 Å². The summed E-state index contributed by atoms with van der Waals surface area (Å²) < 4.78 is 0. The number of allylic oxidation sites excluding steroid dienone is 1. The molecular weight excluding hydrogens is 110 g/mol. The van der Waals surface area contributed by atoms with Crippen LogP contribution in [0.2, 0.25) is 0 Å². The molecule has 1 N–H and O–H groups in total. The Morgan fingerprint density at radius 2 is 2.33 bits per heavy atom. The summed E-state index contributed by atoms with van der Waals surface area (Å²) in [6.07, 6.45) is 5.64. The maximum absolute atomic E-state index is 3.34. The zero-order valence-electron chi connectivity index (χ0n) is 5.86. The number of dihydropyridines is 1. The van der Waals surface area contributed by atoms with E-state index in [0.29, 0.717) is 5.54 Å². The number of rotatable bonds is 0. The van der Waals surface area contributed by atoms with Gasteiger partial charge < -0.3 is 5.32 Å². The zero-order chi connectivity index (χ0) is 6.48. The van der Waals surface area contributed by atoms with Crippen molar-refractivity contribution in [2.24, 2.45) is 0 Å². The van der Waals surface area contributed by atoms with Crippen molar-refractivity contribution >= 4 is 0 Å². The summed E-state index contributed by atoms with van der Waals surface area (Å²) in [5.41, 5.74) is 3.24. The largest absolute Gasteiger partial charge is 0.382 e. The van der Waals surface area contributed by atoms with Crippen LogP contribution in [0.25, 0.3) is 0 Å². The molecule has 0 radical (unpaired) electrons. The molecule has 0 aromatic rings. The van der Waals surface area contributed by atoms with Crippen LogP contribution in [0.3, 0.4) is 0 Å². The Morgan fingerprint density at radius 1 is 1.67 bits per heavy atom. The molecule has 3 rings (SSSR count). The minimum Gasteiger partial charge on any atom is -0.382 e. The average molecular weight is 121 g/mol. The fourth-order valence-corrected chi connectivity index (χ4v) is 1.46. The van der Waals surface area contributed by atoms with Gasteiger partial charge in [0, 0.05) is 6.20 Å². The minimum absolute atomic E-state index is 0.314. The molecule has 1 unspecified atom stereocenters. The second-order valence-corrected chi connectivity index (χ2v) is 3.24. The van der Waals surface area contributed by atoms with Crippen molar-refractivity contribution in [3.63, 3.8) is 0 Å². The van der Waals surface area contributed by atoms with Gasteiger partial charge in [-0.1, -0.05) is 6.08 Å². The molecule has 2 heterocycles. The number of nitrogens with one attached hydrogen (secondary N) is 1. The average Bonchev–Trinajstić information content (AvgIpc) is 1.73. The van der Waals surface area contributed by atoms with Crippen molar-refractivity contribution in [3.05, 3.63) is 23.4 Å². The van der Waals surface area contributed by atoms with Gasteiger partial charge >= 0.3 is 0 Å². The van der Waals surface area contributed by atoms with Gasteiger partial charge in [0.1, 0.15) is 0 Å².